The molecule has 0 aliphatic rings. The van der Waals surface area contributed by atoms with Crippen LogP contribution in [0.15, 0.2) is 42.5 Å². The number of ether oxygens (including phenoxy) is 2. The van der Waals surface area contributed by atoms with E-state index in [4.69, 9.17) is 9.47 Å². The van der Waals surface area contributed by atoms with Crippen molar-refractivity contribution in [2.45, 2.75) is 59.5 Å². The summed E-state index contributed by atoms with van der Waals surface area (Å²) >= 11 is 0. The molecule has 0 saturated heterocycles. The summed E-state index contributed by atoms with van der Waals surface area (Å²) in [6.07, 6.45) is 0.0932. The normalized spacial score (nSPS) is 12.4. The van der Waals surface area contributed by atoms with Gasteiger partial charge >= 0.3 is 0 Å². The number of carbonyl (C=O) groups is 1. The third-order valence-electron chi connectivity index (χ3n) is 4.62. The number of hydrogen-bond acceptors (Lipinski definition) is 3. The maximum absolute atomic E-state index is 12.5. The smallest absolute Gasteiger partial charge is 0.261 e. The van der Waals surface area contributed by atoms with E-state index in [9.17, 15) is 4.79 Å². The van der Waals surface area contributed by atoms with Crippen LogP contribution in [0.4, 0.5) is 0 Å². The largest absolute Gasteiger partial charge is 0.491 e. The van der Waals surface area contributed by atoms with Gasteiger partial charge in [-0.15, -0.1) is 0 Å². The summed E-state index contributed by atoms with van der Waals surface area (Å²) < 4.78 is 11.9. The van der Waals surface area contributed by atoms with E-state index in [-0.39, 0.29) is 11.3 Å². The highest BCUT2D eigenvalue weighted by molar-refractivity contribution is 5.81. The van der Waals surface area contributed by atoms with E-state index >= 15 is 0 Å². The number of rotatable bonds is 8. The van der Waals surface area contributed by atoms with Gasteiger partial charge in [0.15, 0.2) is 6.10 Å². The molecular formula is C24H33NO3. The maximum atomic E-state index is 12.5. The van der Waals surface area contributed by atoms with Crippen LogP contribution >= 0.6 is 0 Å². The second-order valence-corrected chi connectivity index (χ2v) is 8.17. The van der Waals surface area contributed by atoms with Crippen LogP contribution in [-0.4, -0.2) is 25.2 Å². The van der Waals surface area contributed by atoms with Crippen LogP contribution in [0.5, 0.6) is 11.5 Å². The number of para-hydroxylation sites is 1. The van der Waals surface area contributed by atoms with Crippen LogP contribution in [0.3, 0.4) is 0 Å². The molecule has 0 spiro atoms. The molecule has 0 fully saturated rings. The second kappa shape index (κ2) is 9.63. The lowest BCUT2D eigenvalue weighted by Gasteiger charge is -2.23. The SMILES string of the molecule is CC[C@@H](Oc1ccc(C)cc1C)C(=O)NCCOc1ccccc1C(C)(C)C. The van der Waals surface area contributed by atoms with E-state index in [0.717, 1.165) is 22.6 Å². The second-order valence-electron chi connectivity index (χ2n) is 8.17. The maximum Gasteiger partial charge on any atom is 0.261 e. The molecule has 0 radical (unpaired) electrons. The van der Waals surface area contributed by atoms with Crippen LogP contribution in [0, 0.1) is 13.8 Å². The minimum absolute atomic E-state index is 0.00683. The molecule has 1 atom stereocenters. The number of nitrogens with one attached hydrogen (secondary N) is 1. The van der Waals surface area contributed by atoms with Crippen molar-refractivity contribution in [1.29, 1.82) is 0 Å². The fraction of sp³-hybridized carbons (Fsp3) is 0.458. The Balaban J connectivity index is 1.88. The molecule has 0 aromatic heterocycles. The Kier molecular flexibility index (Phi) is 7.50. The summed E-state index contributed by atoms with van der Waals surface area (Å²) in [7, 11) is 0. The molecule has 0 aliphatic heterocycles. The molecule has 0 unspecified atom stereocenters. The van der Waals surface area contributed by atoms with Crippen molar-refractivity contribution in [1.82, 2.24) is 5.32 Å². The summed E-state index contributed by atoms with van der Waals surface area (Å²) in [5.74, 6) is 1.50. The van der Waals surface area contributed by atoms with Gasteiger partial charge in [-0.2, -0.15) is 0 Å². The topological polar surface area (TPSA) is 47.6 Å². The fourth-order valence-electron chi connectivity index (χ4n) is 3.07. The molecule has 0 saturated carbocycles. The Bertz CT molecular complexity index is 793. The van der Waals surface area contributed by atoms with E-state index < -0.39 is 6.10 Å². The van der Waals surface area contributed by atoms with Gasteiger partial charge in [0.05, 0.1) is 6.54 Å². The lowest BCUT2D eigenvalue weighted by Crippen LogP contribution is -2.40. The van der Waals surface area contributed by atoms with Crippen molar-refractivity contribution >= 4 is 5.91 Å². The third kappa shape index (κ3) is 6.01. The Morgan fingerprint density at radius 1 is 1.07 bits per heavy atom. The predicted octanol–water partition coefficient (Wildman–Crippen LogP) is 4.95. The number of hydrogen-bond donors (Lipinski definition) is 1. The molecule has 1 N–H and O–H groups in total. The highest BCUT2D eigenvalue weighted by Crippen LogP contribution is 2.30. The van der Waals surface area contributed by atoms with Crippen LogP contribution in [0.2, 0.25) is 0 Å². The molecule has 152 valence electrons. The average molecular weight is 384 g/mol. The molecule has 4 heteroatoms. The minimum atomic E-state index is -0.511. The van der Waals surface area contributed by atoms with Crippen molar-refractivity contribution in [2.24, 2.45) is 0 Å². The zero-order valence-electron chi connectivity index (χ0n) is 18.0. The van der Waals surface area contributed by atoms with E-state index in [0.29, 0.717) is 19.6 Å². The first-order valence-electron chi connectivity index (χ1n) is 9.96. The molecule has 28 heavy (non-hydrogen) atoms. The predicted molar refractivity (Wildman–Crippen MR) is 114 cm³/mol. The van der Waals surface area contributed by atoms with Gasteiger partial charge in [0.1, 0.15) is 18.1 Å². The van der Waals surface area contributed by atoms with Gasteiger partial charge in [-0.05, 0) is 48.9 Å². The van der Waals surface area contributed by atoms with Crippen LogP contribution in [-0.2, 0) is 10.2 Å². The van der Waals surface area contributed by atoms with Gasteiger partial charge in [0.2, 0.25) is 0 Å². The van der Waals surface area contributed by atoms with Gasteiger partial charge in [0, 0.05) is 0 Å². The number of carbonyl (C=O) groups excluding carboxylic acids is 1. The Hall–Kier alpha value is -2.49. The monoisotopic (exact) mass is 383 g/mol. The van der Waals surface area contributed by atoms with Crippen molar-refractivity contribution in [3.8, 4) is 11.5 Å². The number of benzene rings is 2. The van der Waals surface area contributed by atoms with Crippen LogP contribution in [0.25, 0.3) is 0 Å². The Morgan fingerprint density at radius 3 is 2.43 bits per heavy atom. The molecule has 0 bridgehead atoms. The molecule has 4 nitrogen and oxygen atoms in total. The first-order chi connectivity index (χ1) is 13.2. The quantitative estimate of drug-likeness (QED) is 0.656. The van der Waals surface area contributed by atoms with Gasteiger partial charge in [-0.25, -0.2) is 0 Å². The van der Waals surface area contributed by atoms with Crippen molar-refractivity contribution in [3.05, 3.63) is 59.2 Å². The first-order valence-corrected chi connectivity index (χ1v) is 9.96. The van der Waals surface area contributed by atoms with Gasteiger partial charge in [-0.1, -0.05) is 63.6 Å². The molecule has 1 amide bonds. The van der Waals surface area contributed by atoms with E-state index in [2.05, 4.69) is 38.2 Å². The summed E-state index contributed by atoms with van der Waals surface area (Å²) in [6, 6.07) is 14.0. The number of aryl methyl sites for hydroxylation is 2. The van der Waals surface area contributed by atoms with Gasteiger partial charge in [-0.3, -0.25) is 4.79 Å². The highest BCUT2D eigenvalue weighted by atomic mass is 16.5. The van der Waals surface area contributed by atoms with E-state index in [1.807, 2.05) is 51.1 Å². The standard InChI is InChI=1S/C24H33NO3/c1-7-20(28-21-13-12-17(2)16-18(21)3)23(26)25-14-15-27-22-11-9-8-10-19(22)24(4,5)6/h8-13,16,20H,7,14-15H2,1-6H3,(H,25,26)/t20-/m1/s1. The van der Waals surface area contributed by atoms with Crippen molar-refractivity contribution < 1.29 is 14.3 Å². The van der Waals surface area contributed by atoms with Crippen molar-refractivity contribution in [2.75, 3.05) is 13.2 Å². The minimum Gasteiger partial charge on any atom is -0.491 e. The first kappa shape index (κ1) is 21.8. The van der Waals surface area contributed by atoms with Crippen LogP contribution < -0.4 is 14.8 Å². The van der Waals surface area contributed by atoms with E-state index in [1.165, 1.54) is 5.56 Å². The average Bonchev–Trinajstić information content (AvgIpc) is 2.64. The van der Waals surface area contributed by atoms with Gasteiger partial charge < -0.3 is 14.8 Å². The lowest BCUT2D eigenvalue weighted by atomic mass is 9.86. The highest BCUT2D eigenvalue weighted by Gasteiger charge is 2.20. The van der Waals surface area contributed by atoms with E-state index in [1.54, 1.807) is 0 Å². The fourth-order valence-corrected chi connectivity index (χ4v) is 3.07. The van der Waals surface area contributed by atoms with Crippen LogP contribution in [0.1, 0.15) is 50.8 Å². The molecule has 2 aromatic rings. The Morgan fingerprint density at radius 2 is 1.79 bits per heavy atom. The summed E-state index contributed by atoms with van der Waals surface area (Å²) in [5, 5.41) is 2.92. The third-order valence-corrected chi connectivity index (χ3v) is 4.62. The molecule has 2 rings (SSSR count). The zero-order valence-corrected chi connectivity index (χ0v) is 18.0. The summed E-state index contributed by atoms with van der Waals surface area (Å²) in [4.78, 5) is 12.5. The summed E-state index contributed by atoms with van der Waals surface area (Å²) in [5.41, 5.74) is 3.38. The Labute approximate surface area is 169 Å². The summed E-state index contributed by atoms with van der Waals surface area (Å²) in [6.45, 7) is 13.3. The molecule has 2 aromatic carbocycles. The number of amides is 1. The zero-order chi connectivity index (χ0) is 20.7. The van der Waals surface area contributed by atoms with Gasteiger partial charge in [0.25, 0.3) is 5.91 Å². The lowest BCUT2D eigenvalue weighted by molar-refractivity contribution is -0.128. The van der Waals surface area contributed by atoms with Crippen molar-refractivity contribution in [3.63, 3.8) is 0 Å². The molecular weight excluding hydrogens is 350 g/mol. The molecule has 0 heterocycles. The molecule has 0 aliphatic carbocycles.